The summed E-state index contributed by atoms with van der Waals surface area (Å²) in [5.74, 6) is -1.27. The number of amides is 3. The van der Waals surface area contributed by atoms with E-state index in [4.69, 9.17) is 0 Å². The van der Waals surface area contributed by atoms with Crippen molar-refractivity contribution >= 4 is 35.4 Å². The molecule has 2 heterocycles. The highest BCUT2D eigenvalue weighted by atomic mass is 16.2. The third-order valence-corrected chi connectivity index (χ3v) is 6.14. The average molecular weight is 470 g/mol. The smallest absolute Gasteiger partial charge is 0.252 e. The molecule has 0 saturated carbocycles. The first-order valence-corrected chi connectivity index (χ1v) is 11.5. The number of hydrogen-bond donors (Lipinski definition) is 5. The lowest BCUT2D eigenvalue weighted by Gasteiger charge is -2.23. The molecule has 3 atom stereocenters. The Hall–Kier alpha value is -3.88. The lowest BCUT2D eigenvalue weighted by molar-refractivity contribution is -0.127. The van der Waals surface area contributed by atoms with Crippen LogP contribution < -0.4 is 26.6 Å². The van der Waals surface area contributed by atoms with Crippen molar-refractivity contribution in [2.24, 2.45) is 5.92 Å². The number of aldehydes is 1. The fourth-order valence-electron chi connectivity index (χ4n) is 4.29. The largest absolute Gasteiger partial charge is 0.382 e. The minimum atomic E-state index is -0.892. The van der Waals surface area contributed by atoms with Gasteiger partial charge in [-0.05, 0) is 36.6 Å². The molecule has 2 aromatic carbocycles. The van der Waals surface area contributed by atoms with Gasteiger partial charge < -0.3 is 31.4 Å². The second-order valence-corrected chi connectivity index (χ2v) is 8.59. The van der Waals surface area contributed by atoms with E-state index in [1.165, 1.54) is 0 Å². The summed E-state index contributed by atoms with van der Waals surface area (Å²) >= 11 is 0. The predicted molar refractivity (Wildman–Crippen MR) is 135 cm³/mol. The van der Waals surface area contributed by atoms with Crippen LogP contribution in [0.15, 0.2) is 48.5 Å². The molecule has 0 radical (unpaired) electrons. The van der Waals surface area contributed by atoms with Crippen LogP contribution in [0, 0.1) is 5.92 Å². The summed E-state index contributed by atoms with van der Waals surface area (Å²) in [4.78, 5) is 49.7. The van der Waals surface area contributed by atoms with Gasteiger partial charge in [-0.15, -0.1) is 0 Å². The van der Waals surface area contributed by atoms with Crippen LogP contribution in [-0.4, -0.2) is 55.7 Å². The molecule has 2 aliphatic rings. The monoisotopic (exact) mass is 469 g/mol. The second-order valence-electron chi connectivity index (χ2n) is 8.59. The zero-order chi connectivity index (χ0) is 23.9. The number of carbonyl (C=O) groups is 4. The number of hydrogen-bond acceptors (Lipinski definition) is 6. The van der Waals surface area contributed by atoms with E-state index in [1.54, 1.807) is 12.1 Å². The summed E-state index contributed by atoms with van der Waals surface area (Å²) in [7, 11) is 0. The molecule has 1 fully saturated rings. The third kappa shape index (κ3) is 5.72. The van der Waals surface area contributed by atoms with Crippen LogP contribution in [0.5, 0.6) is 0 Å². The van der Waals surface area contributed by atoms with Gasteiger partial charge in [0, 0.05) is 41.8 Å². The molecule has 34 heavy (non-hydrogen) atoms. The summed E-state index contributed by atoms with van der Waals surface area (Å²) in [6, 6.07) is 12.9. The molecular formula is C25H35N5O4. The van der Waals surface area contributed by atoms with Crippen molar-refractivity contribution < 1.29 is 23.5 Å². The van der Waals surface area contributed by atoms with E-state index in [1.807, 2.05) is 36.4 Å². The normalized spacial score (nSPS) is 18.4. The Bertz CT molecular complexity index is 1070. The van der Waals surface area contributed by atoms with E-state index in [0.717, 1.165) is 30.0 Å². The van der Waals surface area contributed by atoms with E-state index >= 15 is 0 Å². The van der Waals surface area contributed by atoms with E-state index in [0.29, 0.717) is 24.8 Å². The Morgan fingerprint density at radius 2 is 1.76 bits per heavy atom. The van der Waals surface area contributed by atoms with Crippen molar-refractivity contribution in [3.63, 3.8) is 0 Å². The van der Waals surface area contributed by atoms with Gasteiger partial charge >= 0.3 is 0 Å². The zero-order valence-corrected chi connectivity index (χ0v) is 18.8. The number of nitrogens with one attached hydrogen (secondary N) is 5. The van der Waals surface area contributed by atoms with Gasteiger partial charge in [0.15, 0.2) is 0 Å². The maximum atomic E-state index is 13.2. The first-order valence-electron chi connectivity index (χ1n) is 11.5. The van der Waals surface area contributed by atoms with E-state index in [-0.39, 0.29) is 34.9 Å². The van der Waals surface area contributed by atoms with Gasteiger partial charge in [0.1, 0.15) is 12.3 Å². The van der Waals surface area contributed by atoms with Crippen LogP contribution in [0.2, 0.25) is 0 Å². The Morgan fingerprint density at radius 3 is 2.47 bits per heavy atom. The summed E-state index contributed by atoms with van der Waals surface area (Å²) < 4.78 is 0. The van der Waals surface area contributed by atoms with Gasteiger partial charge in [-0.25, -0.2) is 0 Å². The average Bonchev–Trinajstić information content (AvgIpc) is 3.27. The quantitative estimate of drug-likeness (QED) is 0.356. The van der Waals surface area contributed by atoms with Crippen molar-refractivity contribution in [2.45, 2.75) is 31.3 Å². The Morgan fingerprint density at radius 1 is 1.00 bits per heavy atom. The van der Waals surface area contributed by atoms with Crippen molar-refractivity contribution in [3.8, 4) is 0 Å². The summed E-state index contributed by atoms with van der Waals surface area (Å²) in [6.07, 6.45) is 1.77. The van der Waals surface area contributed by atoms with Gasteiger partial charge in [-0.1, -0.05) is 30.3 Å². The Labute approximate surface area is 202 Å². The number of fused-ring (bicyclic) bond motifs is 1. The molecule has 4 rings (SSSR count). The van der Waals surface area contributed by atoms with Crippen molar-refractivity contribution in [3.05, 3.63) is 59.7 Å². The predicted octanol–water partition coefficient (Wildman–Crippen LogP) is 1.81. The molecular weight excluding hydrogens is 434 g/mol. The lowest BCUT2D eigenvalue weighted by Crippen LogP contribution is -2.51. The van der Waals surface area contributed by atoms with Crippen LogP contribution in [0.25, 0.3) is 0 Å². The van der Waals surface area contributed by atoms with E-state index in [9.17, 15) is 19.2 Å². The highest BCUT2D eigenvalue weighted by molar-refractivity contribution is 5.99. The van der Waals surface area contributed by atoms with Crippen LogP contribution in [0.3, 0.4) is 0 Å². The standard InChI is InChI=1S/C25H29N5O4.3H2/c31-15-19(13-18-8-9-28-23(18)32)29-25(34)22(12-16-4-2-1-3-5-16)30-24(33)17-6-7-20-21(14-17)27-11-10-26-20;;;/h1-7,14-15,18-19,22,26-27H,8-13H2,(H,28,32)(H,29,34)(H,30,33);3*1H/t18-,19-,22-;;;/m0.../s1. The molecule has 5 N–H and O–H groups in total. The molecule has 0 spiro atoms. The van der Waals surface area contributed by atoms with E-state index in [2.05, 4.69) is 26.6 Å². The van der Waals surface area contributed by atoms with Crippen LogP contribution in [-0.2, 0) is 20.8 Å². The SMILES string of the molecule is O=C[C@H](C[C@@H]1CCNC1=O)NC(=O)[C@H](Cc1ccccc1)NC(=O)c1ccc2c(c1)NCCN2.[HH].[HH].[HH]. The van der Waals surface area contributed by atoms with E-state index < -0.39 is 18.0 Å². The summed E-state index contributed by atoms with van der Waals surface area (Å²) in [5.41, 5.74) is 3.05. The first-order chi connectivity index (χ1) is 16.5. The van der Waals surface area contributed by atoms with Crippen molar-refractivity contribution in [1.29, 1.82) is 0 Å². The van der Waals surface area contributed by atoms with Gasteiger partial charge in [-0.2, -0.15) is 0 Å². The fraction of sp³-hybridized carbons (Fsp3) is 0.360. The molecule has 0 unspecified atom stereocenters. The highest BCUT2D eigenvalue weighted by Gasteiger charge is 2.30. The maximum absolute atomic E-state index is 13.2. The van der Waals surface area contributed by atoms with Gasteiger partial charge in [0.25, 0.3) is 5.91 Å². The Balaban J connectivity index is 0.00000228. The van der Waals surface area contributed by atoms with Gasteiger partial charge in [0.2, 0.25) is 11.8 Å². The molecule has 184 valence electrons. The van der Waals surface area contributed by atoms with Crippen LogP contribution >= 0.6 is 0 Å². The molecule has 2 aromatic rings. The third-order valence-electron chi connectivity index (χ3n) is 6.14. The molecule has 0 aromatic heterocycles. The van der Waals surface area contributed by atoms with Gasteiger partial charge in [-0.3, -0.25) is 14.4 Å². The van der Waals surface area contributed by atoms with Crippen LogP contribution in [0.4, 0.5) is 11.4 Å². The minimum Gasteiger partial charge on any atom is -0.382 e. The highest BCUT2D eigenvalue weighted by Crippen LogP contribution is 2.25. The number of rotatable bonds is 9. The first kappa shape index (κ1) is 23.3. The fourth-order valence-corrected chi connectivity index (χ4v) is 4.29. The molecule has 0 bridgehead atoms. The molecule has 9 nitrogen and oxygen atoms in total. The summed E-state index contributed by atoms with van der Waals surface area (Å²) in [5, 5.41) is 14.8. The molecule has 3 amide bonds. The molecule has 1 saturated heterocycles. The van der Waals surface area contributed by atoms with Crippen molar-refractivity contribution in [2.75, 3.05) is 30.3 Å². The number of benzene rings is 2. The van der Waals surface area contributed by atoms with Gasteiger partial charge in [0.05, 0.1) is 17.4 Å². The lowest BCUT2D eigenvalue weighted by atomic mass is 9.98. The minimum absolute atomic E-state index is 0. The molecule has 2 aliphatic heterocycles. The van der Waals surface area contributed by atoms with Crippen LogP contribution in [0.1, 0.15) is 33.0 Å². The van der Waals surface area contributed by atoms with Crippen molar-refractivity contribution in [1.82, 2.24) is 16.0 Å². The zero-order valence-electron chi connectivity index (χ0n) is 18.8. The summed E-state index contributed by atoms with van der Waals surface area (Å²) in [6.45, 7) is 2.13. The number of anilines is 2. The number of carbonyl (C=O) groups excluding carboxylic acids is 4. The molecule has 9 heteroatoms. The second kappa shape index (κ2) is 10.8. The Kier molecular flexibility index (Phi) is 7.41. The topological polar surface area (TPSA) is 128 Å². The maximum Gasteiger partial charge on any atom is 0.252 e. The molecule has 0 aliphatic carbocycles.